The number of aromatic carboxylic acids is 2. The van der Waals surface area contributed by atoms with Gasteiger partial charge in [-0.3, -0.25) is 0 Å². The van der Waals surface area contributed by atoms with Gasteiger partial charge in [0.15, 0.2) is 0 Å². The second-order valence-corrected chi connectivity index (χ2v) is 2.19. The Morgan fingerprint density at radius 2 is 1.15 bits per heavy atom. The number of rotatable bonds is 2. The SMILES string of the molecule is O=C(O)c1ccc(C(=O)O)cc1.[Ca+2].[H-].[H-]. The number of carboxylic acids is 2. The summed E-state index contributed by atoms with van der Waals surface area (Å²) in [6, 6.07) is 5.02. The van der Waals surface area contributed by atoms with E-state index in [4.69, 9.17) is 10.2 Å². The third kappa shape index (κ3) is 3.34. The summed E-state index contributed by atoms with van der Waals surface area (Å²) >= 11 is 0. The van der Waals surface area contributed by atoms with Crippen molar-refractivity contribution in [3.63, 3.8) is 0 Å². The van der Waals surface area contributed by atoms with Crippen LogP contribution in [0.2, 0.25) is 0 Å². The van der Waals surface area contributed by atoms with Crippen LogP contribution in [0, 0.1) is 0 Å². The van der Waals surface area contributed by atoms with Gasteiger partial charge in [-0.05, 0) is 24.3 Å². The van der Waals surface area contributed by atoms with Gasteiger partial charge in [-0.15, -0.1) is 0 Å². The van der Waals surface area contributed by atoms with Crippen LogP contribution in [0.3, 0.4) is 0 Å². The average Bonchev–Trinajstić information content (AvgIpc) is 2.04. The van der Waals surface area contributed by atoms with Crippen LogP contribution < -0.4 is 0 Å². The largest absolute Gasteiger partial charge is 2.00 e. The van der Waals surface area contributed by atoms with Crippen molar-refractivity contribution in [1.82, 2.24) is 0 Å². The zero-order valence-electron chi connectivity index (χ0n) is 8.73. The van der Waals surface area contributed by atoms with Gasteiger partial charge in [0, 0.05) is 0 Å². The fraction of sp³-hybridized carbons (Fsp3) is 0. The minimum absolute atomic E-state index is 0. The summed E-state index contributed by atoms with van der Waals surface area (Å²) in [6.07, 6.45) is 0. The number of hydrogen-bond acceptors (Lipinski definition) is 2. The zero-order valence-corrected chi connectivity index (χ0v) is 8.94. The van der Waals surface area contributed by atoms with Crippen LogP contribution in [0.25, 0.3) is 0 Å². The van der Waals surface area contributed by atoms with E-state index < -0.39 is 11.9 Å². The van der Waals surface area contributed by atoms with E-state index in [9.17, 15) is 9.59 Å². The first-order valence-corrected chi connectivity index (χ1v) is 3.18. The first-order valence-electron chi connectivity index (χ1n) is 3.18. The van der Waals surface area contributed by atoms with E-state index in [0.717, 1.165) is 0 Å². The molecule has 0 aliphatic carbocycles. The first kappa shape index (κ1) is 12.4. The first-order chi connectivity index (χ1) is 5.61. The summed E-state index contributed by atoms with van der Waals surface area (Å²) in [7, 11) is 0. The molecule has 0 bridgehead atoms. The molecular weight excluding hydrogens is 200 g/mol. The molecule has 2 N–H and O–H groups in total. The van der Waals surface area contributed by atoms with E-state index in [0.29, 0.717) is 0 Å². The van der Waals surface area contributed by atoms with Crippen molar-refractivity contribution < 1.29 is 22.7 Å². The van der Waals surface area contributed by atoms with Crippen molar-refractivity contribution in [2.45, 2.75) is 0 Å². The predicted octanol–water partition coefficient (Wildman–Crippen LogP) is 0.927. The van der Waals surface area contributed by atoms with Crippen molar-refractivity contribution in [3.8, 4) is 0 Å². The summed E-state index contributed by atoms with van der Waals surface area (Å²) in [6.45, 7) is 0. The fourth-order valence-corrected chi connectivity index (χ4v) is 0.755. The summed E-state index contributed by atoms with van der Waals surface area (Å²) in [5.41, 5.74) is 0.167. The molecule has 13 heavy (non-hydrogen) atoms. The molecule has 0 aliphatic heterocycles. The molecule has 0 spiro atoms. The minimum atomic E-state index is -1.06. The maximum absolute atomic E-state index is 10.3. The van der Waals surface area contributed by atoms with E-state index >= 15 is 0 Å². The summed E-state index contributed by atoms with van der Waals surface area (Å²) in [5.74, 6) is -2.13. The summed E-state index contributed by atoms with van der Waals surface area (Å²) in [4.78, 5) is 20.7. The van der Waals surface area contributed by atoms with E-state index in [-0.39, 0.29) is 51.7 Å². The summed E-state index contributed by atoms with van der Waals surface area (Å²) in [5, 5.41) is 16.9. The molecule has 0 radical (unpaired) electrons. The molecule has 0 heterocycles. The molecule has 0 saturated carbocycles. The maximum Gasteiger partial charge on any atom is 2.00 e. The predicted molar refractivity (Wildman–Crippen MR) is 48.3 cm³/mol. The average molecular weight is 208 g/mol. The van der Waals surface area contributed by atoms with Gasteiger partial charge in [-0.1, -0.05) is 0 Å². The van der Waals surface area contributed by atoms with Gasteiger partial charge in [-0.25, -0.2) is 9.59 Å². The van der Waals surface area contributed by atoms with Gasteiger partial charge in [0.05, 0.1) is 11.1 Å². The molecule has 0 aromatic heterocycles. The molecule has 0 unspecified atom stereocenters. The second-order valence-electron chi connectivity index (χ2n) is 2.19. The van der Waals surface area contributed by atoms with Gasteiger partial charge in [0.1, 0.15) is 0 Å². The number of hydrogen-bond donors (Lipinski definition) is 2. The van der Waals surface area contributed by atoms with Gasteiger partial charge in [-0.2, -0.15) is 0 Å². The third-order valence-electron chi connectivity index (χ3n) is 1.38. The molecule has 4 nitrogen and oxygen atoms in total. The van der Waals surface area contributed by atoms with E-state index in [2.05, 4.69) is 0 Å². The van der Waals surface area contributed by atoms with Crippen molar-refractivity contribution in [2.75, 3.05) is 0 Å². The zero-order chi connectivity index (χ0) is 9.14. The third-order valence-corrected chi connectivity index (χ3v) is 1.38. The van der Waals surface area contributed by atoms with Crippen LogP contribution in [0.1, 0.15) is 23.6 Å². The molecule has 0 amide bonds. The maximum atomic E-state index is 10.3. The van der Waals surface area contributed by atoms with Gasteiger partial charge < -0.3 is 13.1 Å². The van der Waals surface area contributed by atoms with Crippen LogP contribution in [0.15, 0.2) is 24.3 Å². The molecular formula is C8H8CaO4. The Labute approximate surface area is 107 Å². The Bertz CT molecular complexity index is 293. The quantitative estimate of drug-likeness (QED) is 0.709. The standard InChI is InChI=1S/C8H6O4.Ca.2H/c9-7(10)5-1-2-6(4-3-5)8(11)12;;;/h1-4H,(H,9,10)(H,11,12);;;/q;+2;2*-1. The van der Waals surface area contributed by atoms with E-state index in [1.54, 1.807) is 0 Å². The molecule has 1 rings (SSSR count). The topological polar surface area (TPSA) is 74.6 Å². The number of carboxylic acid groups (broad SMARTS) is 2. The van der Waals surface area contributed by atoms with Gasteiger partial charge >= 0.3 is 49.7 Å². The van der Waals surface area contributed by atoms with Gasteiger partial charge in [0.25, 0.3) is 0 Å². The molecule has 1 aromatic rings. The molecule has 0 saturated heterocycles. The number of benzene rings is 1. The van der Waals surface area contributed by atoms with Gasteiger partial charge in [0.2, 0.25) is 0 Å². The Hall–Kier alpha value is -0.580. The Morgan fingerprint density at radius 1 is 0.923 bits per heavy atom. The smallest absolute Gasteiger partial charge is 1.00 e. The van der Waals surface area contributed by atoms with E-state index in [1.807, 2.05) is 0 Å². The van der Waals surface area contributed by atoms with Crippen molar-refractivity contribution in [1.29, 1.82) is 0 Å². The Kier molecular flexibility index (Phi) is 4.98. The van der Waals surface area contributed by atoms with Crippen LogP contribution in [0.5, 0.6) is 0 Å². The monoisotopic (exact) mass is 208 g/mol. The summed E-state index contributed by atoms with van der Waals surface area (Å²) < 4.78 is 0. The molecule has 0 fully saturated rings. The number of carbonyl (C=O) groups is 2. The van der Waals surface area contributed by atoms with E-state index in [1.165, 1.54) is 24.3 Å². The molecule has 66 valence electrons. The van der Waals surface area contributed by atoms with Crippen molar-refractivity contribution in [3.05, 3.63) is 35.4 Å². The van der Waals surface area contributed by atoms with Crippen LogP contribution in [-0.2, 0) is 0 Å². The molecule has 5 heteroatoms. The minimum Gasteiger partial charge on any atom is -1.00 e. The van der Waals surface area contributed by atoms with Crippen molar-refractivity contribution in [2.24, 2.45) is 0 Å². The molecule has 1 aromatic carbocycles. The Morgan fingerprint density at radius 3 is 1.31 bits per heavy atom. The Balaban J connectivity index is -0.000000480. The van der Waals surface area contributed by atoms with Crippen LogP contribution in [-0.4, -0.2) is 59.9 Å². The second kappa shape index (κ2) is 5.21. The molecule has 0 atom stereocenters. The van der Waals surface area contributed by atoms with Crippen LogP contribution >= 0.6 is 0 Å². The van der Waals surface area contributed by atoms with Crippen LogP contribution in [0.4, 0.5) is 0 Å². The molecule has 0 aliphatic rings. The van der Waals surface area contributed by atoms with Crippen molar-refractivity contribution >= 4 is 49.7 Å². The normalized spacial score (nSPS) is 8.62. The fourth-order valence-electron chi connectivity index (χ4n) is 0.755.